The Labute approximate surface area is 164 Å². The van der Waals surface area contributed by atoms with Crippen LogP contribution in [0.1, 0.15) is 37.7 Å². The molecule has 0 amide bonds. The zero-order valence-corrected chi connectivity index (χ0v) is 16.9. The van der Waals surface area contributed by atoms with Gasteiger partial charge < -0.3 is 4.57 Å². The summed E-state index contributed by atoms with van der Waals surface area (Å²) < 4.78 is 31.9. The van der Waals surface area contributed by atoms with Crippen molar-refractivity contribution in [2.24, 2.45) is 7.05 Å². The van der Waals surface area contributed by atoms with Gasteiger partial charge >= 0.3 is 0 Å². The van der Waals surface area contributed by atoms with Gasteiger partial charge in [0.2, 0.25) is 0 Å². The Morgan fingerprint density at radius 1 is 1.11 bits per heavy atom. The fourth-order valence-corrected chi connectivity index (χ4v) is 5.26. The lowest BCUT2D eigenvalue weighted by Gasteiger charge is -2.22. The van der Waals surface area contributed by atoms with Crippen molar-refractivity contribution in [3.8, 4) is 11.1 Å². The van der Waals surface area contributed by atoms with E-state index in [0.717, 1.165) is 43.2 Å². The minimum absolute atomic E-state index is 0.0150. The number of hydrogen-bond donors (Lipinski definition) is 1. The van der Waals surface area contributed by atoms with Crippen LogP contribution in [0.15, 0.2) is 46.6 Å². The lowest BCUT2D eigenvalue weighted by molar-refractivity contribution is 0.411. The predicted molar refractivity (Wildman–Crippen MR) is 108 cm³/mol. The molecule has 3 heterocycles. The second-order valence-corrected chi connectivity index (χ2v) is 9.19. The fraction of sp³-hybridized carbons (Fsp3) is 0.400. The SMILES string of the molecule is Cc1cc(-c2ccc3ncc(S(=O)(=O)NC4CCCCC4)n3c2)cn(C)c1=O. The van der Waals surface area contributed by atoms with E-state index in [1.807, 2.05) is 12.1 Å². The molecule has 1 aliphatic rings. The maximum absolute atomic E-state index is 13.0. The van der Waals surface area contributed by atoms with Gasteiger partial charge in [-0.25, -0.2) is 18.1 Å². The molecule has 0 radical (unpaired) electrons. The van der Waals surface area contributed by atoms with Crippen molar-refractivity contribution >= 4 is 15.7 Å². The number of nitrogens with zero attached hydrogens (tertiary/aromatic N) is 3. The summed E-state index contributed by atoms with van der Waals surface area (Å²) in [6, 6.07) is 5.47. The number of hydrogen-bond acceptors (Lipinski definition) is 4. The van der Waals surface area contributed by atoms with Crippen LogP contribution in [0.3, 0.4) is 0 Å². The molecule has 148 valence electrons. The van der Waals surface area contributed by atoms with Crippen molar-refractivity contribution in [3.63, 3.8) is 0 Å². The van der Waals surface area contributed by atoms with E-state index in [-0.39, 0.29) is 16.6 Å². The van der Waals surface area contributed by atoms with Crippen molar-refractivity contribution in [1.82, 2.24) is 18.7 Å². The Morgan fingerprint density at radius 2 is 1.86 bits per heavy atom. The van der Waals surface area contributed by atoms with Gasteiger partial charge in [-0.15, -0.1) is 0 Å². The molecule has 0 saturated heterocycles. The van der Waals surface area contributed by atoms with E-state index in [9.17, 15) is 13.2 Å². The third kappa shape index (κ3) is 3.49. The molecule has 0 aliphatic heterocycles. The van der Waals surface area contributed by atoms with Gasteiger partial charge in [-0.2, -0.15) is 0 Å². The van der Waals surface area contributed by atoms with Crippen LogP contribution in [0.5, 0.6) is 0 Å². The summed E-state index contributed by atoms with van der Waals surface area (Å²) >= 11 is 0. The maximum Gasteiger partial charge on any atom is 0.258 e. The molecule has 8 heteroatoms. The molecule has 0 aromatic carbocycles. The van der Waals surface area contributed by atoms with Crippen molar-refractivity contribution in [3.05, 3.63) is 52.7 Å². The fourth-order valence-electron chi connectivity index (χ4n) is 3.86. The second-order valence-electron chi connectivity index (χ2n) is 7.53. The van der Waals surface area contributed by atoms with Crippen LogP contribution in [0, 0.1) is 6.92 Å². The predicted octanol–water partition coefficient (Wildman–Crippen LogP) is 2.62. The van der Waals surface area contributed by atoms with Crippen LogP contribution in [0.25, 0.3) is 16.8 Å². The quantitative estimate of drug-likeness (QED) is 0.729. The lowest BCUT2D eigenvalue weighted by Crippen LogP contribution is -2.36. The summed E-state index contributed by atoms with van der Waals surface area (Å²) in [5.74, 6) is 0. The number of aromatic nitrogens is 3. The van der Waals surface area contributed by atoms with Crippen LogP contribution in [-0.2, 0) is 17.1 Å². The number of pyridine rings is 2. The Balaban J connectivity index is 1.75. The average molecular weight is 401 g/mol. The van der Waals surface area contributed by atoms with Crippen molar-refractivity contribution < 1.29 is 8.42 Å². The smallest absolute Gasteiger partial charge is 0.258 e. The normalized spacial score (nSPS) is 15.9. The summed E-state index contributed by atoms with van der Waals surface area (Å²) in [5.41, 5.74) is 2.82. The van der Waals surface area contributed by atoms with Gasteiger partial charge in [0.05, 0.1) is 6.20 Å². The summed E-state index contributed by atoms with van der Waals surface area (Å²) in [5, 5.41) is 0.136. The highest BCUT2D eigenvalue weighted by molar-refractivity contribution is 7.89. The minimum Gasteiger partial charge on any atom is -0.318 e. The number of sulfonamides is 1. The van der Waals surface area contributed by atoms with Crippen LogP contribution >= 0.6 is 0 Å². The van der Waals surface area contributed by atoms with Crippen molar-refractivity contribution in [1.29, 1.82) is 0 Å². The third-order valence-corrected chi connectivity index (χ3v) is 6.87. The van der Waals surface area contributed by atoms with Crippen molar-refractivity contribution in [2.45, 2.75) is 50.1 Å². The summed E-state index contributed by atoms with van der Waals surface area (Å²) in [6.07, 6.45) is 9.93. The number of fused-ring (bicyclic) bond motifs is 1. The standard InChI is InChI=1S/C20H24N4O3S/c1-14-10-16(12-23(2)20(14)25)15-8-9-18-21-11-19(24(18)13-15)28(26,27)22-17-6-4-3-5-7-17/h8-13,17,22H,3-7H2,1-2H3. The van der Waals surface area contributed by atoms with Crippen LogP contribution in [0.2, 0.25) is 0 Å². The van der Waals surface area contributed by atoms with Crippen LogP contribution in [-0.4, -0.2) is 28.4 Å². The van der Waals surface area contributed by atoms with E-state index in [1.54, 1.807) is 36.8 Å². The largest absolute Gasteiger partial charge is 0.318 e. The maximum atomic E-state index is 13.0. The Bertz CT molecular complexity index is 1160. The van der Waals surface area contributed by atoms with E-state index < -0.39 is 10.0 Å². The highest BCUT2D eigenvalue weighted by atomic mass is 32.2. The summed E-state index contributed by atoms with van der Waals surface area (Å²) in [6.45, 7) is 1.77. The topological polar surface area (TPSA) is 85.5 Å². The molecule has 3 aromatic rings. The van der Waals surface area contributed by atoms with E-state index in [0.29, 0.717) is 11.2 Å². The van der Waals surface area contributed by atoms with E-state index in [4.69, 9.17) is 0 Å². The molecule has 3 aromatic heterocycles. The number of rotatable bonds is 4. The first-order valence-corrected chi connectivity index (χ1v) is 11.0. The zero-order chi connectivity index (χ0) is 19.9. The molecule has 0 unspecified atom stereocenters. The molecule has 1 fully saturated rings. The van der Waals surface area contributed by atoms with Gasteiger partial charge in [0.15, 0.2) is 5.03 Å². The van der Waals surface area contributed by atoms with Gasteiger partial charge in [-0.1, -0.05) is 19.3 Å². The molecule has 0 bridgehead atoms. The van der Waals surface area contributed by atoms with E-state index in [2.05, 4.69) is 9.71 Å². The molecular formula is C20H24N4O3S. The van der Waals surface area contributed by atoms with Gasteiger partial charge in [0.25, 0.3) is 15.6 Å². The van der Waals surface area contributed by atoms with E-state index >= 15 is 0 Å². The van der Waals surface area contributed by atoms with Gasteiger partial charge in [0, 0.05) is 31.0 Å². The minimum atomic E-state index is -3.67. The molecule has 1 aliphatic carbocycles. The van der Waals surface area contributed by atoms with Gasteiger partial charge in [-0.05, 0) is 49.1 Å². The molecule has 4 rings (SSSR count). The highest BCUT2D eigenvalue weighted by Gasteiger charge is 2.25. The first-order chi connectivity index (χ1) is 13.3. The monoisotopic (exact) mass is 400 g/mol. The number of imidazole rings is 1. The Morgan fingerprint density at radius 3 is 2.57 bits per heavy atom. The second kappa shape index (κ2) is 7.18. The molecule has 7 nitrogen and oxygen atoms in total. The van der Waals surface area contributed by atoms with Crippen LogP contribution < -0.4 is 10.3 Å². The van der Waals surface area contributed by atoms with Gasteiger partial charge in [0.1, 0.15) is 5.65 Å². The first kappa shape index (κ1) is 18.9. The lowest BCUT2D eigenvalue weighted by atomic mass is 9.96. The molecule has 0 spiro atoms. The van der Waals surface area contributed by atoms with Crippen molar-refractivity contribution in [2.75, 3.05) is 0 Å². The molecular weight excluding hydrogens is 376 g/mol. The average Bonchev–Trinajstić information content (AvgIpc) is 3.10. The molecule has 1 N–H and O–H groups in total. The van der Waals surface area contributed by atoms with Crippen LogP contribution in [0.4, 0.5) is 0 Å². The highest BCUT2D eigenvalue weighted by Crippen LogP contribution is 2.23. The molecule has 28 heavy (non-hydrogen) atoms. The summed E-state index contributed by atoms with van der Waals surface area (Å²) in [4.78, 5) is 16.2. The first-order valence-electron chi connectivity index (χ1n) is 9.52. The van der Waals surface area contributed by atoms with E-state index in [1.165, 1.54) is 10.8 Å². The van der Waals surface area contributed by atoms with Gasteiger partial charge in [-0.3, -0.25) is 9.20 Å². The molecule has 1 saturated carbocycles. The Hall–Kier alpha value is -2.45. The number of nitrogens with one attached hydrogen (secondary N) is 1. The third-order valence-electron chi connectivity index (χ3n) is 5.37. The Kier molecular flexibility index (Phi) is 4.84. The summed E-state index contributed by atoms with van der Waals surface area (Å²) in [7, 11) is -1.96. The molecule has 0 atom stereocenters. The number of aryl methyl sites for hydroxylation is 2. The zero-order valence-electron chi connectivity index (χ0n) is 16.1.